The summed E-state index contributed by atoms with van der Waals surface area (Å²) in [5.41, 5.74) is 13.4. The Hall–Kier alpha value is -3.38. The summed E-state index contributed by atoms with van der Waals surface area (Å²) in [7, 11) is 0. The number of nitrogens with two attached hydrogens (primary N) is 1. The molecule has 180 valence electrons. The first-order valence-corrected chi connectivity index (χ1v) is 12.6. The SMILES string of the molecule is NC1CCC(c2ccc(-c3ccc(C4CCCC(CC(=O)O)CC4)cc3)nc2)=Nc2cccnc21. The van der Waals surface area contributed by atoms with Gasteiger partial charge in [0.25, 0.3) is 0 Å². The minimum Gasteiger partial charge on any atom is -0.481 e. The van der Waals surface area contributed by atoms with Crippen molar-refractivity contribution in [2.24, 2.45) is 16.6 Å². The summed E-state index contributed by atoms with van der Waals surface area (Å²) in [6, 6.07) is 16.7. The fourth-order valence-electron chi connectivity index (χ4n) is 5.45. The Bertz CT molecular complexity index is 1200. The van der Waals surface area contributed by atoms with Gasteiger partial charge in [0.15, 0.2) is 0 Å². The number of fused-ring (bicyclic) bond motifs is 1. The molecule has 1 aliphatic carbocycles. The largest absolute Gasteiger partial charge is 0.481 e. The number of aliphatic imine (C=N–C) groups is 1. The van der Waals surface area contributed by atoms with Gasteiger partial charge in [-0.05, 0) is 80.2 Å². The van der Waals surface area contributed by atoms with E-state index >= 15 is 0 Å². The summed E-state index contributed by atoms with van der Waals surface area (Å²) in [5.74, 6) is 0.154. The lowest BCUT2D eigenvalue weighted by Gasteiger charge is -2.15. The van der Waals surface area contributed by atoms with Crippen LogP contribution in [0.1, 0.15) is 80.1 Å². The monoisotopic (exact) mass is 468 g/mol. The molecule has 0 spiro atoms. The number of carboxylic acid groups (broad SMARTS) is 1. The third-order valence-electron chi connectivity index (χ3n) is 7.44. The van der Waals surface area contributed by atoms with Crippen LogP contribution in [0.25, 0.3) is 11.3 Å². The maximum Gasteiger partial charge on any atom is 0.303 e. The molecule has 6 nitrogen and oxygen atoms in total. The van der Waals surface area contributed by atoms with Crippen LogP contribution in [0.2, 0.25) is 0 Å². The van der Waals surface area contributed by atoms with Gasteiger partial charge in [0.2, 0.25) is 0 Å². The van der Waals surface area contributed by atoms with E-state index in [1.165, 1.54) is 5.56 Å². The zero-order chi connectivity index (χ0) is 24.2. The highest BCUT2D eigenvalue weighted by atomic mass is 16.4. The van der Waals surface area contributed by atoms with Crippen molar-refractivity contribution in [2.75, 3.05) is 0 Å². The summed E-state index contributed by atoms with van der Waals surface area (Å²) in [6.07, 6.45) is 10.9. The average Bonchev–Trinajstić information content (AvgIpc) is 3.21. The second-order valence-electron chi connectivity index (χ2n) is 9.83. The van der Waals surface area contributed by atoms with Crippen molar-refractivity contribution >= 4 is 17.4 Å². The van der Waals surface area contributed by atoms with Crippen LogP contribution in [0.3, 0.4) is 0 Å². The Morgan fingerprint density at radius 1 is 0.943 bits per heavy atom. The van der Waals surface area contributed by atoms with E-state index in [2.05, 4.69) is 41.4 Å². The van der Waals surface area contributed by atoms with Crippen molar-refractivity contribution < 1.29 is 9.90 Å². The third-order valence-corrected chi connectivity index (χ3v) is 7.44. The van der Waals surface area contributed by atoms with Gasteiger partial charge in [-0.2, -0.15) is 0 Å². The number of hydrogen-bond donors (Lipinski definition) is 2. The lowest BCUT2D eigenvalue weighted by atomic mass is 9.90. The summed E-state index contributed by atoms with van der Waals surface area (Å²) in [5, 5.41) is 9.11. The molecule has 6 heteroatoms. The Morgan fingerprint density at radius 3 is 2.54 bits per heavy atom. The number of benzene rings is 1. The van der Waals surface area contributed by atoms with E-state index in [1.54, 1.807) is 6.20 Å². The van der Waals surface area contributed by atoms with Crippen LogP contribution in [0.4, 0.5) is 5.69 Å². The fraction of sp³-hybridized carbons (Fsp3) is 0.379. The van der Waals surface area contributed by atoms with Gasteiger partial charge in [0, 0.05) is 41.7 Å². The first-order chi connectivity index (χ1) is 17.1. The van der Waals surface area contributed by atoms with Crippen molar-refractivity contribution in [1.29, 1.82) is 0 Å². The number of carbonyl (C=O) groups is 1. The van der Waals surface area contributed by atoms with E-state index in [1.807, 2.05) is 18.3 Å². The van der Waals surface area contributed by atoms with Crippen LogP contribution in [0, 0.1) is 5.92 Å². The number of nitrogens with zero attached hydrogens (tertiary/aromatic N) is 3. The molecule has 1 aliphatic heterocycles. The number of hydrogen-bond acceptors (Lipinski definition) is 5. The number of aliphatic carboxylic acids is 1. The lowest BCUT2D eigenvalue weighted by Crippen LogP contribution is -2.12. The molecule has 3 unspecified atom stereocenters. The van der Waals surface area contributed by atoms with Crippen molar-refractivity contribution in [3.63, 3.8) is 0 Å². The molecule has 2 aliphatic rings. The van der Waals surface area contributed by atoms with Gasteiger partial charge in [-0.3, -0.25) is 19.8 Å². The molecule has 1 aromatic carbocycles. The first-order valence-electron chi connectivity index (χ1n) is 12.6. The predicted molar refractivity (Wildman–Crippen MR) is 138 cm³/mol. The molecule has 0 bridgehead atoms. The fourth-order valence-corrected chi connectivity index (χ4v) is 5.45. The molecule has 2 aromatic heterocycles. The average molecular weight is 469 g/mol. The zero-order valence-electron chi connectivity index (χ0n) is 19.9. The van der Waals surface area contributed by atoms with E-state index in [4.69, 9.17) is 20.8 Å². The molecule has 3 aromatic rings. The van der Waals surface area contributed by atoms with Gasteiger partial charge in [-0.15, -0.1) is 0 Å². The molecule has 1 fully saturated rings. The van der Waals surface area contributed by atoms with E-state index in [0.29, 0.717) is 18.3 Å². The van der Waals surface area contributed by atoms with E-state index in [9.17, 15) is 4.79 Å². The Balaban J connectivity index is 1.28. The van der Waals surface area contributed by atoms with Gasteiger partial charge in [0.1, 0.15) is 0 Å². The molecule has 0 saturated heterocycles. The summed E-state index contributed by atoms with van der Waals surface area (Å²) < 4.78 is 0. The molecule has 1 saturated carbocycles. The maximum atomic E-state index is 11.1. The van der Waals surface area contributed by atoms with Crippen LogP contribution < -0.4 is 5.73 Å². The van der Waals surface area contributed by atoms with Crippen LogP contribution in [0.5, 0.6) is 0 Å². The van der Waals surface area contributed by atoms with Gasteiger partial charge in [-0.25, -0.2) is 0 Å². The van der Waals surface area contributed by atoms with Gasteiger partial charge >= 0.3 is 5.97 Å². The van der Waals surface area contributed by atoms with Crippen LogP contribution in [0.15, 0.2) is 65.9 Å². The summed E-state index contributed by atoms with van der Waals surface area (Å²) in [6.45, 7) is 0. The number of carboxylic acids is 1. The molecule has 0 radical (unpaired) electrons. The molecule has 3 atom stereocenters. The standard InChI is InChI=1S/C29H32N4O2/c30-24-13-15-26(33-27-5-2-16-31-29(24)27)23-12-14-25(32-18-23)22-10-8-21(9-11-22)20-4-1-3-19(6-7-20)17-28(34)35/h2,5,8-12,14,16,18-20,24H,1,3-4,6-7,13,15,17,30H2,(H,34,35). The normalized spacial score (nSPS) is 22.4. The third kappa shape index (κ3) is 5.49. The molecular weight excluding hydrogens is 436 g/mol. The number of rotatable bonds is 5. The highest BCUT2D eigenvalue weighted by Crippen LogP contribution is 2.36. The minimum atomic E-state index is -0.673. The van der Waals surface area contributed by atoms with Gasteiger partial charge in [0.05, 0.1) is 17.1 Å². The molecule has 35 heavy (non-hydrogen) atoms. The first kappa shape index (κ1) is 23.4. The van der Waals surface area contributed by atoms with E-state index in [-0.39, 0.29) is 6.04 Å². The van der Waals surface area contributed by atoms with Crippen LogP contribution >= 0.6 is 0 Å². The van der Waals surface area contributed by atoms with Crippen LogP contribution in [-0.2, 0) is 4.79 Å². The minimum absolute atomic E-state index is 0.102. The van der Waals surface area contributed by atoms with Gasteiger partial charge in [-0.1, -0.05) is 30.7 Å². The van der Waals surface area contributed by atoms with Crippen LogP contribution in [-0.4, -0.2) is 26.8 Å². The van der Waals surface area contributed by atoms with Crippen molar-refractivity contribution in [3.05, 3.63) is 77.7 Å². The molecular formula is C29H32N4O2. The Kier molecular flexibility index (Phi) is 7.00. The Labute approximate surface area is 206 Å². The second-order valence-corrected chi connectivity index (χ2v) is 9.83. The van der Waals surface area contributed by atoms with Gasteiger partial charge < -0.3 is 10.8 Å². The highest BCUT2D eigenvalue weighted by molar-refractivity contribution is 6.02. The topological polar surface area (TPSA) is 101 Å². The van der Waals surface area contributed by atoms with Crippen molar-refractivity contribution in [2.45, 2.75) is 63.3 Å². The molecule has 3 heterocycles. The smallest absolute Gasteiger partial charge is 0.303 e. The second kappa shape index (κ2) is 10.5. The summed E-state index contributed by atoms with van der Waals surface area (Å²) >= 11 is 0. The Morgan fingerprint density at radius 2 is 1.77 bits per heavy atom. The van der Waals surface area contributed by atoms with E-state index in [0.717, 1.165) is 78.9 Å². The van der Waals surface area contributed by atoms with Crippen molar-refractivity contribution in [3.8, 4) is 11.3 Å². The highest BCUT2D eigenvalue weighted by Gasteiger charge is 2.22. The lowest BCUT2D eigenvalue weighted by molar-refractivity contribution is -0.138. The predicted octanol–water partition coefficient (Wildman–Crippen LogP) is 6.20. The summed E-state index contributed by atoms with van der Waals surface area (Å²) in [4.78, 5) is 25.1. The number of pyridine rings is 2. The molecule has 0 amide bonds. The molecule has 3 N–H and O–H groups in total. The maximum absolute atomic E-state index is 11.1. The quantitative estimate of drug-likeness (QED) is 0.434. The van der Waals surface area contributed by atoms with Crippen molar-refractivity contribution in [1.82, 2.24) is 9.97 Å². The van der Waals surface area contributed by atoms with E-state index < -0.39 is 5.97 Å². The number of aromatic nitrogens is 2. The molecule has 5 rings (SSSR count). The zero-order valence-corrected chi connectivity index (χ0v) is 19.9.